The van der Waals surface area contributed by atoms with E-state index in [0.29, 0.717) is 31.5 Å². The van der Waals surface area contributed by atoms with Gasteiger partial charge in [0.25, 0.3) is 5.91 Å². The van der Waals surface area contributed by atoms with Gasteiger partial charge in [-0.25, -0.2) is 4.98 Å². The molecule has 118 valence electrons. The molecule has 0 radical (unpaired) electrons. The van der Waals surface area contributed by atoms with Gasteiger partial charge in [0.2, 0.25) is 5.82 Å². The lowest BCUT2D eigenvalue weighted by molar-refractivity contribution is -0.187. The van der Waals surface area contributed by atoms with Crippen LogP contribution in [0.1, 0.15) is 55.5 Å². The number of carbonyl (C=O) groups excluding carboxylic acids is 1. The molecule has 1 aromatic rings. The average Bonchev–Trinajstić information content (AvgIpc) is 2.87. The molecule has 8 heteroatoms. The van der Waals surface area contributed by atoms with Gasteiger partial charge in [-0.05, 0) is 19.3 Å². The number of hydrogen-bond acceptors (Lipinski definition) is 3. The van der Waals surface area contributed by atoms with Crippen molar-refractivity contribution in [2.75, 3.05) is 0 Å². The normalized spacial score (nSPS) is 23.0. The second kappa shape index (κ2) is 6.44. The van der Waals surface area contributed by atoms with Crippen molar-refractivity contribution in [2.24, 2.45) is 5.92 Å². The summed E-state index contributed by atoms with van der Waals surface area (Å²) < 4.78 is 38.9. The summed E-state index contributed by atoms with van der Waals surface area (Å²) in [5, 5.41) is 8.82. The van der Waals surface area contributed by atoms with Gasteiger partial charge in [0.15, 0.2) is 0 Å². The van der Waals surface area contributed by atoms with Gasteiger partial charge in [0.1, 0.15) is 5.82 Å². The van der Waals surface area contributed by atoms with Crippen LogP contribution >= 0.6 is 0 Å². The highest BCUT2D eigenvalue weighted by Crippen LogP contribution is 2.37. The molecular formula is C13H19F3N4O. The van der Waals surface area contributed by atoms with Crippen molar-refractivity contribution >= 4 is 5.91 Å². The van der Waals surface area contributed by atoms with Crippen LogP contribution in [0.25, 0.3) is 0 Å². The number of aryl methyl sites for hydroxylation is 1. The van der Waals surface area contributed by atoms with Crippen molar-refractivity contribution in [3.63, 3.8) is 0 Å². The van der Waals surface area contributed by atoms with Crippen molar-refractivity contribution < 1.29 is 18.0 Å². The minimum atomic E-state index is -4.29. The van der Waals surface area contributed by atoms with E-state index < -0.39 is 24.0 Å². The Morgan fingerprint density at radius 1 is 1.38 bits per heavy atom. The van der Waals surface area contributed by atoms with Crippen LogP contribution in [0.2, 0.25) is 0 Å². The van der Waals surface area contributed by atoms with Crippen LogP contribution in [0.5, 0.6) is 0 Å². The first kappa shape index (κ1) is 15.8. The molecule has 1 aromatic heterocycles. The van der Waals surface area contributed by atoms with Crippen LogP contribution in [0.4, 0.5) is 13.2 Å². The number of hydrogen-bond donors (Lipinski definition) is 2. The van der Waals surface area contributed by atoms with Gasteiger partial charge in [-0.3, -0.25) is 9.89 Å². The molecule has 5 nitrogen and oxygen atoms in total. The van der Waals surface area contributed by atoms with Crippen LogP contribution in [0.15, 0.2) is 0 Å². The molecule has 0 saturated heterocycles. The fourth-order valence-corrected chi connectivity index (χ4v) is 2.67. The molecule has 2 N–H and O–H groups in total. The summed E-state index contributed by atoms with van der Waals surface area (Å²) in [6, 6.07) is -0.889. The fourth-order valence-electron chi connectivity index (χ4n) is 2.67. The lowest BCUT2D eigenvalue weighted by Crippen LogP contribution is -2.47. The molecule has 2 atom stereocenters. The third-order valence-corrected chi connectivity index (χ3v) is 3.72. The molecule has 0 aromatic carbocycles. The molecule has 0 spiro atoms. The summed E-state index contributed by atoms with van der Waals surface area (Å²) in [6.07, 6.45) is -1.18. The Hall–Kier alpha value is -1.60. The summed E-state index contributed by atoms with van der Waals surface area (Å²) in [6.45, 7) is 1.96. The predicted molar refractivity (Wildman–Crippen MR) is 69.6 cm³/mol. The maximum absolute atomic E-state index is 13.0. The van der Waals surface area contributed by atoms with E-state index in [2.05, 4.69) is 20.5 Å². The largest absolute Gasteiger partial charge is 0.393 e. The highest BCUT2D eigenvalue weighted by molar-refractivity contribution is 5.90. The van der Waals surface area contributed by atoms with Crippen molar-refractivity contribution in [2.45, 2.75) is 57.7 Å². The number of nitrogens with zero attached hydrogens (tertiary/aromatic N) is 2. The van der Waals surface area contributed by atoms with Gasteiger partial charge >= 0.3 is 6.18 Å². The topological polar surface area (TPSA) is 70.7 Å². The maximum Gasteiger partial charge on any atom is 0.393 e. The first-order valence-electron chi connectivity index (χ1n) is 7.20. The van der Waals surface area contributed by atoms with Gasteiger partial charge in [-0.2, -0.15) is 13.2 Å². The Kier molecular flexibility index (Phi) is 4.84. The molecule has 1 fully saturated rings. The second-order valence-corrected chi connectivity index (χ2v) is 5.37. The molecule has 1 heterocycles. The quantitative estimate of drug-likeness (QED) is 0.898. The first-order chi connectivity index (χ1) is 9.91. The van der Waals surface area contributed by atoms with E-state index in [1.54, 1.807) is 0 Å². The third kappa shape index (κ3) is 3.95. The Labute approximate surface area is 120 Å². The minimum absolute atomic E-state index is 0.0591. The van der Waals surface area contributed by atoms with Gasteiger partial charge in [-0.15, -0.1) is 5.10 Å². The lowest BCUT2D eigenvalue weighted by atomic mass is 9.84. The van der Waals surface area contributed by atoms with E-state index in [4.69, 9.17) is 0 Å². The Morgan fingerprint density at radius 2 is 2.10 bits per heavy atom. The van der Waals surface area contributed by atoms with E-state index in [0.717, 1.165) is 6.42 Å². The third-order valence-electron chi connectivity index (χ3n) is 3.72. The number of halogens is 3. The number of rotatable bonds is 4. The molecule has 0 bridgehead atoms. The van der Waals surface area contributed by atoms with Gasteiger partial charge in [0, 0.05) is 12.5 Å². The zero-order chi connectivity index (χ0) is 15.5. The highest BCUT2D eigenvalue weighted by atomic mass is 19.4. The summed E-state index contributed by atoms with van der Waals surface area (Å²) in [5.74, 6) is -1.65. The Morgan fingerprint density at radius 3 is 2.76 bits per heavy atom. The molecule has 2 unspecified atom stereocenters. The van der Waals surface area contributed by atoms with E-state index >= 15 is 0 Å². The van der Waals surface area contributed by atoms with E-state index in [-0.39, 0.29) is 12.2 Å². The van der Waals surface area contributed by atoms with Crippen molar-refractivity contribution in [3.8, 4) is 0 Å². The molecule has 1 aliphatic carbocycles. The number of carbonyl (C=O) groups is 1. The Balaban J connectivity index is 2.02. The number of aromatic amines is 1. The summed E-state index contributed by atoms with van der Waals surface area (Å²) in [5.41, 5.74) is 0. The molecule has 1 saturated carbocycles. The van der Waals surface area contributed by atoms with Crippen molar-refractivity contribution in [1.29, 1.82) is 0 Å². The minimum Gasteiger partial charge on any atom is -0.346 e. The average molecular weight is 304 g/mol. The molecule has 0 aliphatic heterocycles. The molecular weight excluding hydrogens is 285 g/mol. The van der Waals surface area contributed by atoms with Gasteiger partial charge in [-0.1, -0.05) is 19.8 Å². The SMILES string of the molecule is CCCc1nc(C(=O)NC2CCCCC2C(F)(F)F)n[nH]1. The molecule has 2 rings (SSSR count). The summed E-state index contributed by atoms with van der Waals surface area (Å²) in [7, 11) is 0. The van der Waals surface area contributed by atoms with E-state index in [1.807, 2.05) is 6.92 Å². The fraction of sp³-hybridized carbons (Fsp3) is 0.769. The molecule has 1 amide bonds. The second-order valence-electron chi connectivity index (χ2n) is 5.37. The van der Waals surface area contributed by atoms with Gasteiger partial charge < -0.3 is 5.32 Å². The predicted octanol–water partition coefficient (Wildman–Crippen LogP) is 2.61. The number of H-pyrrole nitrogens is 1. The number of aromatic nitrogens is 3. The zero-order valence-electron chi connectivity index (χ0n) is 11.8. The smallest absolute Gasteiger partial charge is 0.346 e. The van der Waals surface area contributed by atoms with Crippen LogP contribution in [0.3, 0.4) is 0 Å². The Bertz CT molecular complexity index is 486. The van der Waals surface area contributed by atoms with Crippen LogP contribution in [-0.2, 0) is 6.42 Å². The van der Waals surface area contributed by atoms with Crippen LogP contribution in [0, 0.1) is 5.92 Å². The monoisotopic (exact) mass is 304 g/mol. The summed E-state index contributed by atoms with van der Waals surface area (Å²) in [4.78, 5) is 16.0. The number of nitrogens with one attached hydrogen (secondary N) is 2. The van der Waals surface area contributed by atoms with Crippen molar-refractivity contribution in [1.82, 2.24) is 20.5 Å². The molecule has 21 heavy (non-hydrogen) atoms. The number of alkyl halides is 3. The van der Waals surface area contributed by atoms with Crippen molar-refractivity contribution in [3.05, 3.63) is 11.6 Å². The van der Waals surface area contributed by atoms with E-state index in [1.165, 1.54) is 0 Å². The standard InChI is InChI=1S/C13H19F3N4O/c1-2-5-10-18-11(20-19-10)12(21)17-9-7-4-3-6-8(9)13(14,15)16/h8-9H,2-7H2,1H3,(H,17,21)(H,18,19,20). The number of amides is 1. The lowest BCUT2D eigenvalue weighted by Gasteiger charge is -2.33. The van der Waals surface area contributed by atoms with Gasteiger partial charge in [0.05, 0.1) is 5.92 Å². The van der Waals surface area contributed by atoms with Crippen LogP contribution < -0.4 is 5.32 Å². The van der Waals surface area contributed by atoms with Crippen LogP contribution in [-0.4, -0.2) is 33.3 Å². The molecule has 1 aliphatic rings. The van der Waals surface area contributed by atoms with E-state index in [9.17, 15) is 18.0 Å². The highest BCUT2D eigenvalue weighted by Gasteiger charge is 2.46. The summed E-state index contributed by atoms with van der Waals surface area (Å²) >= 11 is 0. The maximum atomic E-state index is 13.0. The first-order valence-corrected chi connectivity index (χ1v) is 7.20. The zero-order valence-corrected chi connectivity index (χ0v) is 11.8.